The van der Waals surface area contributed by atoms with E-state index in [0.29, 0.717) is 0 Å². The molecular formula is C14H11NS. The molecule has 0 saturated carbocycles. The van der Waals surface area contributed by atoms with Gasteiger partial charge >= 0.3 is 0 Å². The molecule has 0 saturated heterocycles. The molecule has 16 heavy (non-hydrogen) atoms. The molecule has 0 spiro atoms. The molecule has 2 heteroatoms. The molecule has 0 aliphatic rings. The highest BCUT2D eigenvalue weighted by atomic mass is 32.1. The van der Waals surface area contributed by atoms with Crippen LogP contribution in [0.25, 0.3) is 20.7 Å². The minimum Gasteiger partial charge on any atom is -0.255 e. The van der Waals surface area contributed by atoms with Crippen LogP contribution in [0.1, 0.15) is 5.56 Å². The SMILES string of the molecule is Cc1cccc(-c2cc3ncccc3s2)c1. The predicted molar refractivity (Wildman–Crippen MR) is 69.8 cm³/mol. The number of aromatic nitrogens is 1. The van der Waals surface area contributed by atoms with E-state index in [0.717, 1.165) is 5.52 Å². The first-order chi connectivity index (χ1) is 7.83. The summed E-state index contributed by atoms with van der Waals surface area (Å²) in [5.74, 6) is 0. The third-order valence-electron chi connectivity index (χ3n) is 2.59. The molecule has 1 nitrogen and oxygen atoms in total. The van der Waals surface area contributed by atoms with E-state index in [9.17, 15) is 0 Å². The molecule has 78 valence electrons. The zero-order valence-electron chi connectivity index (χ0n) is 8.97. The van der Waals surface area contributed by atoms with Crippen molar-refractivity contribution in [2.24, 2.45) is 0 Å². The minimum absolute atomic E-state index is 1.09. The van der Waals surface area contributed by atoms with Crippen LogP contribution >= 0.6 is 11.3 Å². The second-order valence-electron chi connectivity index (χ2n) is 3.87. The van der Waals surface area contributed by atoms with Gasteiger partial charge in [0, 0.05) is 11.1 Å². The molecule has 0 amide bonds. The summed E-state index contributed by atoms with van der Waals surface area (Å²) in [5.41, 5.74) is 3.66. The lowest BCUT2D eigenvalue weighted by Crippen LogP contribution is -1.74. The van der Waals surface area contributed by atoms with Crippen molar-refractivity contribution in [1.29, 1.82) is 0 Å². The van der Waals surface area contributed by atoms with Crippen molar-refractivity contribution < 1.29 is 0 Å². The lowest BCUT2D eigenvalue weighted by atomic mass is 10.1. The first-order valence-corrected chi connectivity index (χ1v) is 6.06. The van der Waals surface area contributed by atoms with Gasteiger partial charge in [0.2, 0.25) is 0 Å². The van der Waals surface area contributed by atoms with Gasteiger partial charge in [0.15, 0.2) is 0 Å². The lowest BCUT2D eigenvalue weighted by Gasteiger charge is -1.97. The molecule has 3 aromatic rings. The molecule has 0 bridgehead atoms. The third-order valence-corrected chi connectivity index (χ3v) is 3.73. The van der Waals surface area contributed by atoms with E-state index in [1.54, 1.807) is 11.3 Å². The largest absolute Gasteiger partial charge is 0.255 e. The van der Waals surface area contributed by atoms with Crippen LogP contribution in [0, 0.1) is 6.92 Å². The van der Waals surface area contributed by atoms with Crippen LogP contribution in [0.2, 0.25) is 0 Å². The molecule has 0 fully saturated rings. The maximum atomic E-state index is 4.36. The molecule has 1 aromatic carbocycles. The number of hydrogen-bond donors (Lipinski definition) is 0. The van der Waals surface area contributed by atoms with Crippen LogP contribution in [0.3, 0.4) is 0 Å². The van der Waals surface area contributed by atoms with Crippen molar-refractivity contribution in [3.8, 4) is 10.4 Å². The fraction of sp³-hybridized carbons (Fsp3) is 0.0714. The molecule has 0 aliphatic carbocycles. The standard InChI is InChI=1S/C14H11NS/c1-10-4-2-5-11(8-10)14-9-12-13(16-14)6-3-7-15-12/h2-9H,1H3. The molecule has 0 aliphatic heterocycles. The number of pyridine rings is 1. The first kappa shape index (κ1) is 9.55. The number of fused-ring (bicyclic) bond motifs is 1. The van der Waals surface area contributed by atoms with Crippen LogP contribution in [0.5, 0.6) is 0 Å². The van der Waals surface area contributed by atoms with Gasteiger partial charge in [-0.2, -0.15) is 0 Å². The van der Waals surface area contributed by atoms with Crippen LogP contribution in [-0.4, -0.2) is 4.98 Å². The Hall–Kier alpha value is -1.67. The quantitative estimate of drug-likeness (QED) is 0.602. The van der Waals surface area contributed by atoms with Gasteiger partial charge in [-0.3, -0.25) is 4.98 Å². The van der Waals surface area contributed by atoms with Gasteiger partial charge in [-0.25, -0.2) is 0 Å². The fourth-order valence-electron chi connectivity index (χ4n) is 1.81. The van der Waals surface area contributed by atoms with Crippen molar-refractivity contribution >= 4 is 21.6 Å². The van der Waals surface area contributed by atoms with E-state index in [2.05, 4.69) is 48.3 Å². The maximum absolute atomic E-state index is 4.36. The summed E-state index contributed by atoms with van der Waals surface area (Å²) in [4.78, 5) is 5.65. The van der Waals surface area contributed by atoms with Gasteiger partial charge in [-0.15, -0.1) is 11.3 Å². The summed E-state index contributed by atoms with van der Waals surface area (Å²) in [5, 5.41) is 0. The Kier molecular flexibility index (Phi) is 2.22. The topological polar surface area (TPSA) is 12.9 Å². The Balaban J connectivity index is 2.19. The highest BCUT2D eigenvalue weighted by molar-refractivity contribution is 7.22. The number of thiophene rings is 1. The second kappa shape index (κ2) is 3.72. The van der Waals surface area contributed by atoms with Gasteiger partial charge in [0.25, 0.3) is 0 Å². The molecule has 0 N–H and O–H groups in total. The van der Waals surface area contributed by atoms with E-state index < -0.39 is 0 Å². The summed E-state index contributed by atoms with van der Waals surface area (Å²) >= 11 is 1.80. The first-order valence-electron chi connectivity index (χ1n) is 5.24. The Bertz CT molecular complexity index is 607. The van der Waals surface area contributed by atoms with Crippen LogP contribution < -0.4 is 0 Å². The summed E-state index contributed by atoms with van der Waals surface area (Å²) in [7, 11) is 0. The van der Waals surface area contributed by atoms with Gasteiger partial charge in [0.05, 0.1) is 10.2 Å². The highest BCUT2D eigenvalue weighted by Gasteiger charge is 2.04. The van der Waals surface area contributed by atoms with Crippen molar-refractivity contribution in [1.82, 2.24) is 4.98 Å². The Labute approximate surface area is 98.4 Å². The van der Waals surface area contributed by atoms with Crippen molar-refractivity contribution in [2.75, 3.05) is 0 Å². The summed E-state index contributed by atoms with van der Waals surface area (Å²) in [6.07, 6.45) is 1.84. The minimum atomic E-state index is 1.09. The Morgan fingerprint density at radius 2 is 2.00 bits per heavy atom. The molecule has 0 unspecified atom stereocenters. The zero-order valence-corrected chi connectivity index (χ0v) is 9.79. The number of aryl methyl sites for hydroxylation is 1. The predicted octanol–water partition coefficient (Wildman–Crippen LogP) is 4.27. The smallest absolute Gasteiger partial charge is 0.0816 e. The van der Waals surface area contributed by atoms with E-state index >= 15 is 0 Å². The average molecular weight is 225 g/mol. The molecule has 2 aromatic heterocycles. The number of rotatable bonds is 1. The lowest BCUT2D eigenvalue weighted by molar-refractivity contribution is 1.43. The van der Waals surface area contributed by atoms with E-state index in [1.807, 2.05) is 12.3 Å². The molecule has 2 heterocycles. The maximum Gasteiger partial charge on any atom is 0.0816 e. The molecule has 0 atom stereocenters. The van der Waals surface area contributed by atoms with E-state index in [1.165, 1.54) is 20.7 Å². The fourth-order valence-corrected chi connectivity index (χ4v) is 2.83. The second-order valence-corrected chi connectivity index (χ2v) is 4.95. The van der Waals surface area contributed by atoms with Crippen LogP contribution in [-0.2, 0) is 0 Å². The molecule has 3 rings (SSSR count). The number of hydrogen-bond acceptors (Lipinski definition) is 2. The summed E-state index contributed by atoms with van der Waals surface area (Å²) in [6, 6.07) is 14.8. The van der Waals surface area contributed by atoms with Crippen LogP contribution in [0.15, 0.2) is 48.7 Å². The van der Waals surface area contributed by atoms with Gasteiger partial charge < -0.3 is 0 Å². The third kappa shape index (κ3) is 1.61. The van der Waals surface area contributed by atoms with Gasteiger partial charge in [-0.1, -0.05) is 29.8 Å². The summed E-state index contributed by atoms with van der Waals surface area (Å²) in [6.45, 7) is 2.12. The summed E-state index contributed by atoms with van der Waals surface area (Å²) < 4.78 is 1.25. The average Bonchev–Trinajstić information content (AvgIpc) is 2.72. The normalized spacial score (nSPS) is 10.8. The van der Waals surface area contributed by atoms with Gasteiger partial charge in [0.1, 0.15) is 0 Å². The van der Waals surface area contributed by atoms with E-state index in [4.69, 9.17) is 0 Å². The Morgan fingerprint density at radius 3 is 2.81 bits per heavy atom. The number of nitrogens with zero attached hydrogens (tertiary/aromatic N) is 1. The highest BCUT2D eigenvalue weighted by Crippen LogP contribution is 2.32. The molecule has 0 radical (unpaired) electrons. The monoisotopic (exact) mass is 225 g/mol. The van der Waals surface area contributed by atoms with Crippen LogP contribution in [0.4, 0.5) is 0 Å². The zero-order chi connectivity index (χ0) is 11.0. The van der Waals surface area contributed by atoms with Crippen molar-refractivity contribution in [2.45, 2.75) is 6.92 Å². The number of benzene rings is 1. The molecular weight excluding hydrogens is 214 g/mol. The van der Waals surface area contributed by atoms with Gasteiger partial charge in [-0.05, 0) is 30.7 Å². The Morgan fingerprint density at radius 1 is 1.06 bits per heavy atom. The van der Waals surface area contributed by atoms with Crippen molar-refractivity contribution in [3.63, 3.8) is 0 Å². The van der Waals surface area contributed by atoms with E-state index in [-0.39, 0.29) is 0 Å². The van der Waals surface area contributed by atoms with Crippen molar-refractivity contribution in [3.05, 3.63) is 54.2 Å².